The van der Waals surface area contributed by atoms with E-state index >= 15 is 0 Å². The van der Waals surface area contributed by atoms with Crippen LogP contribution in [0.1, 0.15) is 6.42 Å². The minimum atomic E-state index is -0.0139. The van der Waals surface area contributed by atoms with Crippen LogP contribution in [0.5, 0.6) is 0 Å². The molecule has 1 radical (unpaired) electrons. The highest BCUT2D eigenvalue weighted by Gasteiger charge is 2.22. The molecule has 0 amide bonds. The van der Waals surface area contributed by atoms with Crippen LogP contribution < -0.4 is 0 Å². The second-order valence-electron chi connectivity index (χ2n) is 1.51. The number of halogens is 1. The Hall–Kier alpha value is 0.210. The lowest BCUT2D eigenvalue weighted by molar-refractivity contribution is 0.0465. The Morgan fingerprint density at radius 2 is 2.57 bits per heavy atom. The van der Waals surface area contributed by atoms with Gasteiger partial charge in [0.25, 0.3) is 0 Å². The normalized spacial score (nSPS) is 34.3. The van der Waals surface area contributed by atoms with E-state index in [-0.39, 0.29) is 11.7 Å². The molecule has 1 N–H and O–H groups in total. The summed E-state index contributed by atoms with van der Waals surface area (Å²) in [6, 6.07) is 0. The Bertz CT molecular complexity index is 58.7. The van der Waals surface area contributed by atoms with Crippen LogP contribution in [0.4, 0.5) is 0 Å². The van der Waals surface area contributed by atoms with Gasteiger partial charge in [-0.2, -0.15) is 0 Å². The largest absolute Gasteiger partial charge is 0.361 e. The highest BCUT2D eigenvalue weighted by Crippen LogP contribution is 2.20. The van der Waals surface area contributed by atoms with Gasteiger partial charge < -0.3 is 9.84 Å². The smallest absolute Gasteiger partial charge is 0.222 e. The van der Waals surface area contributed by atoms with Gasteiger partial charge >= 0.3 is 0 Å². The van der Waals surface area contributed by atoms with Gasteiger partial charge in [-0.25, -0.2) is 0 Å². The molecule has 0 aromatic heterocycles. The molecule has 1 atom stereocenters. The quantitative estimate of drug-likeness (QED) is 0.482. The maximum Gasteiger partial charge on any atom is 0.222 e. The van der Waals surface area contributed by atoms with Crippen molar-refractivity contribution in [3.05, 3.63) is 6.29 Å². The fourth-order valence-electron chi connectivity index (χ4n) is 0.494. The van der Waals surface area contributed by atoms with E-state index in [1.54, 1.807) is 0 Å². The molecule has 0 aromatic carbocycles. The van der Waals surface area contributed by atoms with E-state index in [9.17, 15) is 0 Å². The Balaban J connectivity index is 2.26. The summed E-state index contributed by atoms with van der Waals surface area (Å²) >= 11 is 5.50. The van der Waals surface area contributed by atoms with Crippen LogP contribution in [0, 0.1) is 6.29 Å². The third kappa shape index (κ3) is 1.30. The zero-order valence-corrected chi connectivity index (χ0v) is 4.48. The first-order valence-corrected chi connectivity index (χ1v) is 2.54. The molecule has 1 aliphatic rings. The molecule has 0 aliphatic carbocycles. The summed E-state index contributed by atoms with van der Waals surface area (Å²) < 4.78 is 4.61. The maximum absolute atomic E-state index is 8.51. The second kappa shape index (κ2) is 1.99. The fraction of sp³-hybridized carbons (Fsp3) is 0.750. The number of alkyl halides is 1. The monoisotopic (exact) mass is 121 g/mol. The van der Waals surface area contributed by atoms with Gasteiger partial charge in [0, 0.05) is 6.42 Å². The van der Waals surface area contributed by atoms with E-state index in [1.165, 1.54) is 0 Å². The molecule has 1 rings (SSSR count). The van der Waals surface area contributed by atoms with Gasteiger partial charge in [-0.15, -0.1) is 11.6 Å². The Kier molecular flexibility index (Phi) is 1.52. The first kappa shape index (κ1) is 5.35. The Labute approximate surface area is 47.0 Å². The highest BCUT2D eigenvalue weighted by atomic mass is 35.5. The third-order valence-corrected chi connectivity index (χ3v) is 1.11. The summed E-state index contributed by atoms with van der Waals surface area (Å²) in [5, 5.41) is 8.50. The summed E-state index contributed by atoms with van der Waals surface area (Å²) in [5.74, 6) is 0. The molecule has 1 saturated heterocycles. The summed E-state index contributed by atoms with van der Waals surface area (Å²) in [6.07, 6.45) is 0.557. The minimum absolute atomic E-state index is 0.0139. The van der Waals surface area contributed by atoms with Crippen molar-refractivity contribution in [3.63, 3.8) is 0 Å². The van der Waals surface area contributed by atoms with Crippen LogP contribution in [0.15, 0.2) is 0 Å². The molecule has 1 heterocycles. The molecule has 0 saturated carbocycles. The van der Waals surface area contributed by atoms with Gasteiger partial charge in [0.05, 0.1) is 12.0 Å². The fourth-order valence-corrected chi connectivity index (χ4v) is 0.689. The molecule has 41 valence electrons. The van der Waals surface area contributed by atoms with Gasteiger partial charge in [-0.05, 0) is 0 Å². The molecule has 3 heteroatoms. The maximum atomic E-state index is 8.51. The number of rotatable bonds is 0. The van der Waals surface area contributed by atoms with Crippen molar-refractivity contribution in [3.8, 4) is 0 Å². The average molecular weight is 122 g/mol. The average Bonchev–Trinajstić information content (AvgIpc) is 1.87. The topological polar surface area (TPSA) is 29.5 Å². The van der Waals surface area contributed by atoms with Gasteiger partial charge in [0.1, 0.15) is 0 Å². The number of ether oxygens (including phenoxy) is 1. The van der Waals surface area contributed by atoms with Crippen molar-refractivity contribution >= 4 is 11.6 Å². The molecular formula is C4H6ClO2. The van der Waals surface area contributed by atoms with Crippen molar-refractivity contribution < 1.29 is 9.84 Å². The van der Waals surface area contributed by atoms with Crippen molar-refractivity contribution in [2.24, 2.45) is 0 Å². The molecule has 0 aromatic rings. The number of aliphatic hydroxyl groups is 1. The van der Waals surface area contributed by atoms with Gasteiger partial charge in [0.15, 0.2) is 0 Å². The first-order valence-electron chi connectivity index (χ1n) is 2.10. The standard InChI is InChI=1S/C4H6ClO2/c5-3-1-4(6)7-2-3/h3,6H,1-2H2. The lowest BCUT2D eigenvalue weighted by Gasteiger charge is -1.90. The van der Waals surface area contributed by atoms with E-state index in [1.807, 2.05) is 0 Å². The molecule has 0 spiro atoms. The van der Waals surface area contributed by atoms with E-state index in [0.717, 1.165) is 0 Å². The van der Waals surface area contributed by atoms with Crippen LogP contribution in [0.2, 0.25) is 0 Å². The molecule has 7 heavy (non-hydrogen) atoms. The van der Waals surface area contributed by atoms with Crippen LogP contribution in [0.3, 0.4) is 0 Å². The van der Waals surface area contributed by atoms with Crippen molar-refractivity contribution in [2.75, 3.05) is 6.61 Å². The number of hydrogen-bond donors (Lipinski definition) is 1. The van der Waals surface area contributed by atoms with E-state index in [4.69, 9.17) is 16.7 Å². The second-order valence-corrected chi connectivity index (χ2v) is 2.12. The van der Waals surface area contributed by atoms with E-state index < -0.39 is 0 Å². The predicted octanol–water partition coefficient (Wildman–Crippen LogP) is 0.876. The van der Waals surface area contributed by atoms with Crippen molar-refractivity contribution in [2.45, 2.75) is 11.8 Å². The zero-order valence-electron chi connectivity index (χ0n) is 3.72. The summed E-state index contributed by atoms with van der Waals surface area (Å²) in [5.41, 5.74) is 0. The third-order valence-electron chi connectivity index (χ3n) is 0.827. The number of hydrogen-bond acceptors (Lipinski definition) is 2. The molecule has 1 aliphatic heterocycles. The SMILES string of the molecule is O[C]1CC(Cl)CO1. The molecule has 1 unspecified atom stereocenters. The Morgan fingerprint density at radius 1 is 1.86 bits per heavy atom. The van der Waals surface area contributed by atoms with Crippen LogP contribution in [0.25, 0.3) is 0 Å². The summed E-state index contributed by atoms with van der Waals surface area (Å²) in [4.78, 5) is 0. The highest BCUT2D eigenvalue weighted by molar-refractivity contribution is 6.20. The summed E-state index contributed by atoms with van der Waals surface area (Å²) in [6.45, 7) is 0.452. The lowest BCUT2D eigenvalue weighted by atomic mass is 10.4. The van der Waals surface area contributed by atoms with Gasteiger partial charge in [-0.3, -0.25) is 0 Å². The van der Waals surface area contributed by atoms with E-state index in [2.05, 4.69) is 4.74 Å². The zero-order chi connectivity index (χ0) is 5.28. The lowest BCUT2D eigenvalue weighted by Crippen LogP contribution is -1.92. The van der Waals surface area contributed by atoms with Crippen LogP contribution in [-0.4, -0.2) is 17.1 Å². The van der Waals surface area contributed by atoms with Crippen molar-refractivity contribution in [1.29, 1.82) is 0 Å². The Morgan fingerprint density at radius 3 is 2.71 bits per heavy atom. The van der Waals surface area contributed by atoms with Crippen LogP contribution >= 0.6 is 11.6 Å². The predicted molar refractivity (Wildman–Crippen MR) is 25.4 cm³/mol. The molecule has 0 bridgehead atoms. The molecule has 2 nitrogen and oxygen atoms in total. The van der Waals surface area contributed by atoms with Gasteiger partial charge in [0.2, 0.25) is 6.29 Å². The molecular weight excluding hydrogens is 115 g/mol. The molecule has 1 fully saturated rings. The van der Waals surface area contributed by atoms with Gasteiger partial charge in [-0.1, -0.05) is 0 Å². The number of aliphatic hydroxyl groups excluding tert-OH is 1. The minimum Gasteiger partial charge on any atom is -0.361 e. The van der Waals surface area contributed by atoms with Crippen molar-refractivity contribution in [1.82, 2.24) is 0 Å². The summed E-state index contributed by atoms with van der Waals surface area (Å²) in [7, 11) is 0. The first-order chi connectivity index (χ1) is 3.29. The van der Waals surface area contributed by atoms with E-state index in [0.29, 0.717) is 13.0 Å². The van der Waals surface area contributed by atoms with Crippen LogP contribution in [-0.2, 0) is 4.74 Å².